The largest absolute Gasteiger partial charge is 0.465 e. The van der Waals surface area contributed by atoms with Crippen molar-refractivity contribution in [2.45, 2.75) is 25.6 Å². The van der Waals surface area contributed by atoms with Gasteiger partial charge >= 0.3 is 0 Å². The summed E-state index contributed by atoms with van der Waals surface area (Å²) in [7, 11) is 0. The minimum atomic E-state index is -0.507. The molecule has 2 aromatic carbocycles. The van der Waals surface area contributed by atoms with Crippen LogP contribution in [0.1, 0.15) is 35.4 Å². The molecule has 1 atom stereocenters. The molecule has 0 amide bonds. The number of non-ortho nitro benzene ring substituents is 1. The molecular formula is C20H17NO6. The van der Waals surface area contributed by atoms with Gasteiger partial charge < -0.3 is 13.9 Å². The van der Waals surface area contributed by atoms with E-state index in [4.69, 9.17) is 13.9 Å². The zero-order chi connectivity index (χ0) is 18.8. The van der Waals surface area contributed by atoms with E-state index in [1.807, 2.05) is 12.1 Å². The Morgan fingerprint density at radius 3 is 2.63 bits per heavy atom. The maximum Gasteiger partial charge on any atom is 0.269 e. The second-order valence-corrected chi connectivity index (χ2v) is 6.36. The van der Waals surface area contributed by atoms with Crippen molar-refractivity contribution in [1.29, 1.82) is 0 Å². The average molecular weight is 367 g/mol. The van der Waals surface area contributed by atoms with Crippen LogP contribution in [0.4, 0.5) is 5.69 Å². The van der Waals surface area contributed by atoms with Gasteiger partial charge in [-0.2, -0.15) is 0 Å². The van der Waals surface area contributed by atoms with E-state index in [0.29, 0.717) is 23.5 Å². The molecule has 1 aliphatic rings. The number of hydrogen-bond acceptors (Lipinski definition) is 6. The first kappa shape index (κ1) is 17.2. The maximum atomic E-state index is 12.6. The molecule has 0 bridgehead atoms. The standard InChI is InChI=1S/C20H17NO6/c22-20(13-4-7-15(8-5-13)21(23)24)18-11-14-6-9-16(12-17(14)27-18)26-19-3-1-2-10-25-19/h4-9,11-12,19H,1-3,10H2. The average Bonchev–Trinajstić information content (AvgIpc) is 3.11. The third kappa shape index (κ3) is 3.68. The molecule has 7 nitrogen and oxygen atoms in total. The fourth-order valence-electron chi connectivity index (χ4n) is 3.03. The lowest BCUT2D eigenvalue weighted by atomic mass is 10.1. The number of benzene rings is 2. The molecule has 0 spiro atoms. The predicted molar refractivity (Wildman–Crippen MR) is 97.0 cm³/mol. The maximum absolute atomic E-state index is 12.6. The third-order valence-corrected chi connectivity index (χ3v) is 4.46. The van der Waals surface area contributed by atoms with Gasteiger partial charge in [-0.05, 0) is 43.2 Å². The molecule has 3 aromatic rings. The second kappa shape index (κ2) is 7.20. The number of ether oxygens (including phenoxy) is 2. The monoisotopic (exact) mass is 367 g/mol. The van der Waals surface area contributed by atoms with Crippen LogP contribution in [-0.2, 0) is 4.74 Å². The predicted octanol–water partition coefficient (Wildman–Crippen LogP) is 4.48. The van der Waals surface area contributed by atoms with Crippen LogP contribution in [0.15, 0.2) is 52.9 Å². The SMILES string of the molecule is O=C(c1ccc([N+](=O)[O-])cc1)c1cc2ccc(OC3CCCCO3)cc2o1. The zero-order valence-corrected chi connectivity index (χ0v) is 14.4. The summed E-state index contributed by atoms with van der Waals surface area (Å²) in [5, 5.41) is 11.5. The third-order valence-electron chi connectivity index (χ3n) is 4.46. The van der Waals surface area contributed by atoms with Crippen molar-refractivity contribution in [2.24, 2.45) is 0 Å². The van der Waals surface area contributed by atoms with Crippen molar-refractivity contribution < 1.29 is 23.6 Å². The molecule has 1 saturated heterocycles. The van der Waals surface area contributed by atoms with Gasteiger partial charge in [0.15, 0.2) is 12.1 Å². The van der Waals surface area contributed by atoms with Crippen LogP contribution >= 0.6 is 0 Å². The van der Waals surface area contributed by atoms with E-state index in [-0.39, 0.29) is 23.5 Å². The topological polar surface area (TPSA) is 91.8 Å². The van der Waals surface area contributed by atoms with Crippen molar-refractivity contribution in [2.75, 3.05) is 6.61 Å². The molecule has 2 heterocycles. The van der Waals surface area contributed by atoms with Gasteiger partial charge in [0.25, 0.3) is 5.69 Å². The molecule has 0 saturated carbocycles. The number of carbonyl (C=O) groups excluding carboxylic acids is 1. The Morgan fingerprint density at radius 1 is 1.11 bits per heavy atom. The molecule has 138 valence electrons. The van der Waals surface area contributed by atoms with Crippen LogP contribution in [-0.4, -0.2) is 23.6 Å². The lowest BCUT2D eigenvalue weighted by molar-refractivity contribution is -0.384. The molecule has 4 rings (SSSR count). The van der Waals surface area contributed by atoms with Gasteiger partial charge in [-0.25, -0.2) is 0 Å². The number of carbonyl (C=O) groups is 1. The number of nitro benzene ring substituents is 1. The van der Waals surface area contributed by atoms with Crippen LogP contribution in [0.2, 0.25) is 0 Å². The molecule has 0 N–H and O–H groups in total. The van der Waals surface area contributed by atoms with Crippen LogP contribution < -0.4 is 4.74 Å². The Morgan fingerprint density at radius 2 is 1.93 bits per heavy atom. The lowest BCUT2D eigenvalue weighted by Gasteiger charge is -2.23. The number of fused-ring (bicyclic) bond motifs is 1. The zero-order valence-electron chi connectivity index (χ0n) is 14.4. The summed E-state index contributed by atoms with van der Waals surface area (Å²) in [5.74, 6) is 0.460. The van der Waals surface area contributed by atoms with Crippen LogP contribution in [0.5, 0.6) is 5.75 Å². The van der Waals surface area contributed by atoms with Gasteiger partial charge in [0.1, 0.15) is 11.3 Å². The van der Waals surface area contributed by atoms with E-state index in [9.17, 15) is 14.9 Å². The molecular weight excluding hydrogens is 350 g/mol. The van der Waals surface area contributed by atoms with E-state index in [0.717, 1.165) is 24.6 Å². The van der Waals surface area contributed by atoms with E-state index < -0.39 is 4.92 Å². The molecule has 1 aromatic heterocycles. The molecule has 7 heteroatoms. The first-order chi connectivity index (χ1) is 13.1. The smallest absolute Gasteiger partial charge is 0.269 e. The number of nitro groups is 1. The second-order valence-electron chi connectivity index (χ2n) is 6.36. The van der Waals surface area contributed by atoms with Gasteiger partial charge in [0.2, 0.25) is 5.78 Å². The van der Waals surface area contributed by atoms with E-state index in [2.05, 4.69) is 0 Å². The minimum Gasteiger partial charge on any atom is -0.465 e. The number of furan rings is 1. The molecule has 27 heavy (non-hydrogen) atoms. The number of rotatable bonds is 5. The Labute approximate surface area is 154 Å². The van der Waals surface area contributed by atoms with Crippen molar-refractivity contribution in [3.8, 4) is 5.75 Å². The van der Waals surface area contributed by atoms with Crippen molar-refractivity contribution in [1.82, 2.24) is 0 Å². The van der Waals surface area contributed by atoms with Gasteiger partial charge in [-0.15, -0.1) is 0 Å². The quantitative estimate of drug-likeness (QED) is 0.375. The summed E-state index contributed by atoms with van der Waals surface area (Å²) in [5.41, 5.74) is 0.795. The fraction of sp³-hybridized carbons (Fsp3) is 0.250. The van der Waals surface area contributed by atoms with Crippen molar-refractivity contribution >= 4 is 22.4 Å². The summed E-state index contributed by atoms with van der Waals surface area (Å²) in [6, 6.07) is 12.5. The van der Waals surface area contributed by atoms with Crippen LogP contribution in [0, 0.1) is 10.1 Å². The highest BCUT2D eigenvalue weighted by Crippen LogP contribution is 2.28. The molecule has 1 fully saturated rings. The highest BCUT2D eigenvalue weighted by Gasteiger charge is 2.18. The molecule has 0 aliphatic carbocycles. The number of ketones is 1. The van der Waals surface area contributed by atoms with Crippen LogP contribution in [0.3, 0.4) is 0 Å². The van der Waals surface area contributed by atoms with E-state index >= 15 is 0 Å². The summed E-state index contributed by atoms with van der Waals surface area (Å²) >= 11 is 0. The molecule has 0 radical (unpaired) electrons. The Bertz CT molecular complexity index is 985. The first-order valence-corrected chi connectivity index (χ1v) is 8.71. The van der Waals surface area contributed by atoms with Gasteiger partial charge in [-0.1, -0.05) is 0 Å². The summed E-state index contributed by atoms with van der Waals surface area (Å²) in [6.45, 7) is 0.696. The Kier molecular flexibility index (Phi) is 4.60. The highest BCUT2D eigenvalue weighted by molar-refractivity contribution is 6.09. The van der Waals surface area contributed by atoms with E-state index in [1.165, 1.54) is 24.3 Å². The first-order valence-electron chi connectivity index (χ1n) is 8.71. The summed E-state index contributed by atoms with van der Waals surface area (Å²) in [6.07, 6.45) is 2.71. The number of hydrogen-bond donors (Lipinski definition) is 0. The Hall–Kier alpha value is -3.19. The normalized spacial score (nSPS) is 17.0. The fourth-order valence-corrected chi connectivity index (χ4v) is 3.03. The van der Waals surface area contributed by atoms with Crippen LogP contribution in [0.25, 0.3) is 11.0 Å². The molecule has 1 unspecified atom stereocenters. The summed E-state index contributed by atoms with van der Waals surface area (Å²) < 4.78 is 17.1. The van der Waals surface area contributed by atoms with Crippen molar-refractivity contribution in [3.63, 3.8) is 0 Å². The van der Waals surface area contributed by atoms with Crippen molar-refractivity contribution in [3.05, 3.63) is 70.0 Å². The molecule has 1 aliphatic heterocycles. The lowest BCUT2D eigenvalue weighted by Crippen LogP contribution is -2.24. The Balaban J connectivity index is 1.55. The van der Waals surface area contributed by atoms with Gasteiger partial charge in [0, 0.05) is 35.6 Å². The minimum absolute atomic E-state index is 0.0668. The van der Waals surface area contributed by atoms with E-state index in [1.54, 1.807) is 12.1 Å². The number of nitrogens with zero attached hydrogens (tertiary/aromatic N) is 1. The summed E-state index contributed by atoms with van der Waals surface area (Å²) in [4.78, 5) is 22.8. The highest BCUT2D eigenvalue weighted by atomic mass is 16.7. The van der Waals surface area contributed by atoms with Gasteiger partial charge in [-0.3, -0.25) is 14.9 Å². The van der Waals surface area contributed by atoms with Gasteiger partial charge in [0.05, 0.1) is 11.5 Å².